The fraction of sp³-hybridized carbons (Fsp3) is 0.276. The summed E-state index contributed by atoms with van der Waals surface area (Å²) in [5.74, 6) is 0.806. The van der Waals surface area contributed by atoms with E-state index in [9.17, 15) is 13.5 Å². The highest BCUT2D eigenvalue weighted by atomic mass is 35.5. The SMILES string of the molecule is CCS(=O)(=O)c1cccc(-c2ccc(-n3cc(C(C)(C)O)nc3C(C)(C)c3ccccc3Cl)cc2)c1. The summed E-state index contributed by atoms with van der Waals surface area (Å²) in [6.45, 7) is 9.20. The Kier molecular flexibility index (Phi) is 6.90. The molecule has 188 valence electrons. The van der Waals surface area contributed by atoms with Gasteiger partial charge in [0.2, 0.25) is 0 Å². The zero-order chi connectivity index (χ0) is 26.3. The Labute approximate surface area is 218 Å². The van der Waals surface area contributed by atoms with Crippen molar-refractivity contribution in [3.63, 3.8) is 0 Å². The predicted octanol–water partition coefficient (Wildman–Crippen LogP) is 6.54. The molecule has 0 fully saturated rings. The van der Waals surface area contributed by atoms with Crippen molar-refractivity contribution in [3.05, 3.63) is 101 Å². The summed E-state index contributed by atoms with van der Waals surface area (Å²) < 4.78 is 26.7. The Morgan fingerprint density at radius 1 is 0.917 bits per heavy atom. The first kappa shape index (κ1) is 26.1. The molecule has 0 aliphatic heterocycles. The Morgan fingerprint density at radius 2 is 1.58 bits per heavy atom. The average Bonchev–Trinajstić information content (AvgIpc) is 3.32. The van der Waals surface area contributed by atoms with Gasteiger partial charge in [0.1, 0.15) is 11.4 Å². The lowest BCUT2D eigenvalue weighted by Crippen LogP contribution is -2.25. The molecule has 0 bridgehead atoms. The maximum atomic E-state index is 12.3. The van der Waals surface area contributed by atoms with Crippen LogP contribution in [-0.4, -0.2) is 28.8 Å². The van der Waals surface area contributed by atoms with E-state index in [-0.39, 0.29) is 5.75 Å². The molecule has 3 aromatic carbocycles. The second kappa shape index (κ2) is 9.51. The van der Waals surface area contributed by atoms with Crippen LogP contribution in [0.15, 0.2) is 83.9 Å². The van der Waals surface area contributed by atoms with E-state index in [1.807, 2.05) is 65.4 Å². The molecule has 4 aromatic rings. The monoisotopic (exact) mass is 522 g/mol. The topological polar surface area (TPSA) is 72.2 Å². The van der Waals surface area contributed by atoms with Crippen molar-refractivity contribution >= 4 is 21.4 Å². The molecule has 0 radical (unpaired) electrons. The number of halogens is 1. The second-order valence-electron chi connectivity index (χ2n) is 9.96. The number of aliphatic hydroxyl groups is 1. The summed E-state index contributed by atoms with van der Waals surface area (Å²) in [5.41, 5.74) is 2.42. The molecule has 0 aliphatic carbocycles. The molecule has 5 nitrogen and oxygen atoms in total. The number of imidazole rings is 1. The van der Waals surface area contributed by atoms with Crippen LogP contribution in [-0.2, 0) is 20.9 Å². The molecule has 0 spiro atoms. The van der Waals surface area contributed by atoms with Crippen LogP contribution >= 0.6 is 11.6 Å². The van der Waals surface area contributed by atoms with Crippen LogP contribution in [0.1, 0.15) is 51.7 Å². The third-order valence-corrected chi connectivity index (χ3v) is 8.55. The summed E-state index contributed by atoms with van der Waals surface area (Å²) in [6.07, 6.45) is 1.86. The molecule has 0 saturated carbocycles. The third-order valence-electron chi connectivity index (χ3n) is 6.49. The van der Waals surface area contributed by atoms with Crippen LogP contribution in [0.3, 0.4) is 0 Å². The average molecular weight is 523 g/mol. The molecular formula is C29H31ClN2O3S. The maximum Gasteiger partial charge on any atom is 0.178 e. The van der Waals surface area contributed by atoms with Crippen molar-refractivity contribution in [2.24, 2.45) is 0 Å². The van der Waals surface area contributed by atoms with Crippen LogP contribution < -0.4 is 0 Å². The van der Waals surface area contributed by atoms with Gasteiger partial charge in [-0.2, -0.15) is 0 Å². The fourth-order valence-corrected chi connectivity index (χ4v) is 5.55. The van der Waals surface area contributed by atoms with Crippen molar-refractivity contribution in [2.45, 2.75) is 50.5 Å². The first-order valence-electron chi connectivity index (χ1n) is 11.9. The molecule has 1 aromatic heterocycles. The number of benzene rings is 3. The van der Waals surface area contributed by atoms with Gasteiger partial charge in [-0.05, 0) is 74.7 Å². The molecule has 0 atom stereocenters. The van der Waals surface area contributed by atoms with Crippen molar-refractivity contribution < 1.29 is 13.5 Å². The van der Waals surface area contributed by atoms with Gasteiger partial charge in [0, 0.05) is 22.3 Å². The molecule has 36 heavy (non-hydrogen) atoms. The van der Waals surface area contributed by atoms with Gasteiger partial charge in [-0.15, -0.1) is 0 Å². The standard InChI is InChI=1S/C29H31ClN2O3S/c1-6-36(34,35)23-11-9-10-21(18-23)20-14-16-22(17-15-20)32-19-26(29(4,5)33)31-27(32)28(2,3)24-12-7-8-13-25(24)30/h7-19,33H,6H2,1-5H3. The Hall–Kier alpha value is -2.93. The molecule has 7 heteroatoms. The van der Waals surface area contributed by atoms with E-state index in [1.165, 1.54) is 0 Å². The zero-order valence-corrected chi connectivity index (χ0v) is 22.7. The Balaban J connectivity index is 1.81. The van der Waals surface area contributed by atoms with Gasteiger partial charge in [0.25, 0.3) is 0 Å². The quantitative estimate of drug-likeness (QED) is 0.299. The molecule has 0 aliphatic rings. The largest absolute Gasteiger partial charge is 0.384 e. The van der Waals surface area contributed by atoms with Crippen LogP contribution in [0.4, 0.5) is 0 Å². The molecule has 4 rings (SSSR count). The van der Waals surface area contributed by atoms with Crippen LogP contribution in [0.2, 0.25) is 5.02 Å². The smallest absolute Gasteiger partial charge is 0.178 e. The van der Waals surface area contributed by atoms with Gasteiger partial charge in [-0.3, -0.25) is 0 Å². The minimum absolute atomic E-state index is 0.0591. The first-order chi connectivity index (χ1) is 16.8. The van der Waals surface area contributed by atoms with Gasteiger partial charge in [0.05, 0.1) is 16.3 Å². The normalized spacial score (nSPS) is 12.6. The van der Waals surface area contributed by atoms with E-state index in [1.54, 1.807) is 39.0 Å². The molecule has 0 saturated heterocycles. The Bertz CT molecular complexity index is 1500. The summed E-state index contributed by atoms with van der Waals surface area (Å²) in [5, 5.41) is 11.4. The zero-order valence-electron chi connectivity index (χ0n) is 21.2. The number of aromatic nitrogens is 2. The van der Waals surface area contributed by atoms with Gasteiger partial charge in [-0.25, -0.2) is 13.4 Å². The number of nitrogens with zero attached hydrogens (tertiary/aromatic N) is 2. The van der Waals surface area contributed by atoms with Crippen molar-refractivity contribution in [2.75, 3.05) is 5.75 Å². The lowest BCUT2D eigenvalue weighted by atomic mass is 9.83. The molecular weight excluding hydrogens is 492 g/mol. The molecule has 1 heterocycles. The lowest BCUT2D eigenvalue weighted by molar-refractivity contribution is 0.0741. The number of sulfone groups is 1. The second-order valence-corrected chi connectivity index (χ2v) is 12.6. The summed E-state index contributed by atoms with van der Waals surface area (Å²) >= 11 is 6.57. The minimum Gasteiger partial charge on any atom is -0.384 e. The van der Waals surface area contributed by atoms with Gasteiger partial charge >= 0.3 is 0 Å². The highest BCUT2D eigenvalue weighted by molar-refractivity contribution is 7.91. The first-order valence-corrected chi connectivity index (χ1v) is 13.9. The number of hydrogen-bond donors (Lipinski definition) is 1. The van der Waals surface area contributed by atoms with Crippen LogP contribution in [0.25, 0.3) is 16.8 Å². The van der Waals surface area contributed by atoms with Crippen LogP contribution in [0, 0.1) is 0 Å². The van der Waals surface area contributed by atoms with E-state index in [4.69, 9.17) is 16.6 Å². The van der Waals surface area contributed by atoms with Gasteiger partial charge in [-0.1, -0.05) is 61.0 Å². The number of hydrogen-bond acceptors (Lipinski definition) is 4. The number of rotatable bonds is 7. The van der Waals surface area contributed by atoms with Crippen molar-refractivity contribution in [3.8, 4) is 16.8 Å². The van der Waals surface area contributed by atoms with Crippen molar-refractivity contribution in [1.82, 2.24) is 9.55 Å². The minimum atomic E-state index is -3.29. The maximum absolute atomic E-state index is 12.3. The Morgan fingerprint density at radius 3 is 2.19 bits per heavy atom. The highest BCUT2D eigenvalue weighted by Gasteiger charge is 2.33. The summed E-state index contributed by atoms with van der Waals surface area (Å²) in [4.78, 5) is 5.18. The summed E-state index contributed by atoms with van der Waals surface area (Å²) in [6, 6.07) is 22.6. The van der Waals surface area contributed by atoms with Crippen LogP contribution in [0.5, 0.6) is 0 Å². The van der Waals surface area contributed by atoms with Gasteiger partial charge in [0.15, 0.2) is 9.84 Å². The van der Waals surface area contributed by atoms with E-state index >= 15 is 0 Å². The highest BCUT2D eigenvalue weighted by Crippen LogP contribution is 2.38. The van der Waals surface area contributed by atoms with E-state index in [0.717, 1.165) is 28.2 Å². The lowest BCUT2D eigenvalue weighted by Gasteiger charge is -2.27. The molecule has 0 amide bonds. The predicted molar refractivity (Wildman–Crippen MR) is 146 cm³/mol. The fourth-order valence-electron chi connectivity index (χ4n) is 4.25. The van der Waals surface area contributed by atoms with Crippen molar-refractivity contribution in [1.29, 1.82) is 0 Å². The van der Waals surface area contributed by atoms with E-state index in [0.29, 0.717) is 15.6 Å². The van der Waals surface area contributed by atoms with E-state index < -0.39 is 20.9 Å². The molecule has 0 unspecified atom stereocenters. The summed E-state index contributed by atoms with van der Waals surface area (Å²) in [7, 11) is -3.29. The van der Waals surface area contributed by atoms with Gasteiger partial charge < -0.3 is 9.67 Å². The molecule has 1 N–H and O–H groups in total. The van der Waals surface area contributed by atoms with E-state index in [2.05, 4.69) is 13.8 Å². The third kappa shape index (κ3) is 4.99.